The summed E-state index contributed by atoms with van der Waals surface area (Å²) in [4.78, 5) is 10.3. The molecular weight excluding hydrogens is 247 g/mol. The van der Waals surface area contributed by atoms with Crippen LogP contribution in [0.5, 0.6) is 0 Å². The molecule has 0 radical (unpaired) electrons. The van der Waals surface area contributed by atoms with Gasteiger partial charge in [0, 0.05) is 0 Å². The summed E-state index contributed by atoms with van der Waals surface area (Å²) in [5.41, 5.74) is -1.25. The summed E-state index contributed by atoms with van der Waals surface area (Å²) >= 11 is 1.79. The molecule has 0 heterocycles. The van der Waals surface area contributed by atoms with E-state index in [-0.39, 0.29) is 5.57 Å². The van der Waals surface area contributed by atoms with E-state index in [2.05, 4.69) is 0 Å². The van der Waals surface area contributed by atoms with Gasteiger partial charge in [-0.3, -0.25) is 0 Å². The van der Waals surface area contributed by atoms with Gasteiger partial charge in [0.15, 0.2) is 0 Å². The van der Waals surface area contributed by atoms with Crippen molar-refractivity contribution in [3.8, 4) is 0 Å². The third-order valence-corrected chi connectivity index (χ3v) is 1.62. The third-order valence-electron chi connectivity index (χ3n) is 0.999. The molecule has 0 rings (SSSR count). The Morgan fingerprint density at radius 3 is 2.00 bits per heavy atom. The zero-order valence-corrected chi connectivity index (χ0v) is 7.92. The van der Waals surface area contributed by atoms with E-state index in [4.69, 9.17) is 5.11 Å². The summed E-state index contributed by atoms with van der Waals surface area (Å²) in [5.74, 6) is -1.08. The van der Waals surface area contributed by atoms with Crippen molar-refractivity contribution in [3.05, 3.63) is 9.66 Å². The average molecular weight is 256 g/mol. The molecule has 0 aromatic carbocycles. The van der Waals surface area contributed by atoms with E-state index >= 15 is 0 Å². The Balaban J connectivity index is 4.56. The highest BCUT2D eigenvalue weighted by Gasteiger charge is 2.24. The molecular formula is C6H9IO3. The number of carboxylic acids is 1. The summed E-state index contributed by atoms with van der Waals surface area (Å²) in [5, 5.41) is 17.7. The van der Waals surface area contributed by atoms with Crippen LogP contribution in [0.25, 0.3) is 0 Å². The normalized spacial score (nSPS) is 13.4. The smallest absolute Gasteiger partial charge is 0.334 e. The van der Waals surface area contributed by atoms with Crippen LogP contribution in [0.3, 0.4) is 0 Å². The van der Waals surface area contributed by atoms with Crippen LogP contribution in [0.15, 0.2) is 9.66 Å². The highest BCUT2D eigenvalue weighted by Crippen LogP contribution is 2.16. The van der Waals surface area contributed by atoms with Crippen LogP contribution < -0.4 is 0 Å². The van der Waals surface area contributed by atoms with Gasteiger partial charge in [0.2, 0.25) is 0 Å². The number of rotatable bonds is 2. The second-order valence-electron chi connectivity index (χ2n) is 2.39. The maximum absolute atomic E-state index is 10.3. The lowest BCUT2D eigenvalue weighted by Gasteiger charge is -2.16. The minimum Gasteiger partial charge on any atom is -0.478 e. The fraction of sp³-hybridized carbons (Fsp3) is 0.500. The summed E-state index contributed by atoms with van der Waals surface area (Å²) in [6.07, 6.45) is 0. The minimum atomic E-state index is -1.26. The van der Waals surface area contributed by atoms with Gasteiger partial charge in [-0.25, -0.2) is 4.79 Å². The van der Waals surface area contributed by atoms with Gasteiger partial charge in [0.05, 0.1) is 11.2 Å². The van der Waals surface area contributed by atoms with Crippen molar-refractivity contribution in [3.63, 3.8) is 0 Å². The van der Waals surface area contributed by atoms with Crippen molar-refractivity contribution in [2.75, 3.05) is 0 Å². The molecule has 0 unspecified atom stereocenters. The standard InChI is InChI=1S/C6H9IO3/c1-6(2,10)4(3-7)5(8)9/h3,10H,1-2H3,(H,8,9). The number of halogens is 1. The molecule has 0 bridgehead atoms. The van der Waals surface area contributed by atoms with E-state index in [0.717, 1.165) is 0 Å². The zero-order chi connectivity index (χ0) is 8.36. The van der Waals surface area contributed by atoms with Gasteiger partial charge in [-0.2, -0.15) is 0 Å². The van der Waals surface area contributed by atoms with Crippen LogP contribution in [0.1, 0.15) is 13.8 Å². The Hall–Kier alpha value is -0.100. The molecule has 0 aromatic rings. The lowest BCUT2D eigenvalue weighted by molar-refractivity contribution is -0.134. The van der Waals surface area contributed by atoms with Crippen molar-refractivity contribution in [1.82, 2.24) is 0 Å². The third kappa shape index (κ3) is 2.66. The summed E-state index contributed by atoms with van der Waals surface area (Å²) in [7, 11) is 0. The van der Waals surface area contributed by atoms with Gasteiger partial charge in [0.25, 0.3) is 0 Å². The van der Waals surface area contributed by atoms with Crippen LogP contribution in [0, 0.1) is 0 Å². The van der Waals surface area contributed by atoms with Crippen molar-refractivity contribution in [2.24, 2.45) is 0 Å². The van der Waals surface area contributed by atoms with E-state index < -0.39 is 11.6 Å². The highest BCUT2D eigenvalue weighted by molar-refractivity contribution is 14.1. The molecule has 0 aliphatic carbocycles. The molecule has 0 atom stereocenters. The number of aliphatic carboxylic acids is 1. The summed E-state index contributed by atoms with van der Waals surface area (Å²) < 4.78 is 1.36. The van der Waals surface area contributed by atoms with E-state index in [0.29, 0.717) is 0 Å². The Kier molecular flexibility index (Phi) is 3.30. The molecule has 0 saturated carbocycles. The molecule has 0 aliphatic heterocycles. The van der Waals surface area contributed by atoms with Crippen LogP contribution in [0.4, 0.5) is 0 Å². The van der Waals surface area contributed by atoms with Gasteiger partial charge in [-0.1, -0.05) is 22.6 Å². The fourth-order valence-corrected chi connectivity index (χ4v) is 1.47. The number of aliphatic hydroxyl groups is 1. The molecule has 0 spiro atoms. The second-order valence-corrected chi connectivity index (χ2v) is 3.01. The molecule has 0 saturated heterocycles. The van der Waals surface area contributed by atoms with Gasteiger partial charge >= 0.3 is 5.97 Å². The quantitative estimate of drug-likeness (QED) is 0.575. The maximum Gasteiger partial charge on any atom is 0.334 e. The van der Waals surface area contributed by atoms with Crippen LogP contribution in [-0.4, -0.2) is 21.8 Å². The van der Waals surface area contributed by atoms with E-state index in [1.807, 2.05) is 0 Å². The Morgan fingerprint density at radius 1 is 1.60 bits per heavy atom. The first-order chi connectivity index (χ1) is 4.39. The van der Waals surface area contributed by atoms with Gasteiger partial charge in [-0.05, 0) is 17.9 Å². The lowest BCUT2D eigenvalue weighted by Crippen LogP contribution is -2.26. The first-order valence-corrected chi connectivity index (χ1v) is 3.90. The first-order valence-electron chi connectivity index (χ1n) is 2.66. The number of hydrogen-bond acceptors (Lipinski definition) is 2. The van der Waals surface area contributed by atoms with Crippen molar-refractivity contribution in [2.45, 2.75) is 19.4 Å². The van der Waals surface area contributed by atoms with E-state index in [9.17, 15) is 9.90 Å². The van der Waals surface area contributed by atoms with E-state index in [1.54, 1.807) is 22.6 Å². The summed E-state index contributed by atoms with van der Waals surface area (Å²) in [6.45, 7) is 2.87. The predicted molar refractivity (Wildman–Crippen MR) is 46.0 cm³/mol. The maximum atomic E-state index is 10.3. The molecule has 10 heavy (non-hydrogen) atoms. The first kappa shape index (κ1) is 9.90. The molecule has 0 amide bonds. The zero-order valence-electron chi connectivity index (χ0n) is 5.76. The molecule has 0 fully saturated rings. The Bertz CT molecular complexity index is 166. The number of hydrogen-bond donors (Lipinski definition) is 2. The monoisotopic (exact) mass is 256 g/mol. The SMILES string of the molecule is CC(C)(O)C(=CI)C(=O)O. The van der Waals surface area contributed by atoms with Crippen molar-refractivity contribution < 1.29 is 15.0 Å². The lowest BCUT2D eigenvalue weighted by atomic mass is 10.0. The average Bonchev–Trinajstić information content (AvgIpc) is 1.60. The molecule has 2 N–H and O–H groups in total. The molecule has 0 aromatic heterocycles. The Morgan fingerprint density at radius 2 is 2.00 bits per heavy atom. The molecule has 4 heteroatoms. The van der Waals surface area contributed by atoms with Crippen LogP contribution in [0.2, 0.25) is 0 Å². The molecule has 0 aliphatic rings. The predicted octanol–water partition coefficient (Wildman–Crippen LogP) is 1.16. The van der Waals surface area contributed by atoms with Gasteiger partial charge in [0.1, 0.15) is 0 Å². The number of carbonyl (C=O) groups is 1. The summed E-state index contributed by atoms with van der Waals surface area (Å²) in [6, 6.07) is 0. The van der Waals surface area contributed by atoms with Crippen LogP contribution >= 0.6 is 22.6 Å². The van der Waals surface area contributed by atoms with Gasteiger partial charge in [-0.15, -0.1) is 0 Å². The fourth-order valence-electron chi connectivity index (χ4n) is 0.442. The van der Waals surface area contributed by atoms with Crippen LogP contribution in [-0.2, 0) is 4.79 Å². The Labute approximate surface area is 72.9 Å². The topological polar surface area (TPSA) is 57.5 Å². The second kappa shape index (κ2) is 3.34. The molecule has 3 nitrogen and oxygen atoms in total. The number of carboxylic acid groups (broad SMARTS) is 1. The van der Waals surface area contributed by atoms with Gasteiger partial charge < -0.3 is 10.2 Å². The minimum absolute atomic E-state index is 0.00750. The molecule has 58 valence electrons. The largest absolute Gasteiger partial charge is 0.478 e. The van der Waals surface area contributed by atoms with Crippen molar-refractivity contribution in [1.29, 1.82) is 0 Å². The highest BCUT2D eigenvalue weighted by atomic mass is 127. The van der Waals surface area contributed by atoms with E-state index in [1.165, 1.54) is 17.9 Å². The van der Waals surface area contributed by atoms with Crippen molar-refractivity contribution >= 4 is 28.6 Å².